The first kappa shape index (κ1) is 17.1. The lowest BCUT2D eigenvalue weighted by molar-refractivity contribution is -0.386. The van der Waals surface area contributed by atoms with E-state index in [9.17, 15) is 10.1 Å². The quantitative estimate of drug-likeness (QED) is 0.338. The van der Waals surface area contributed by atoms with Gasteiger partial charge in [0, 0.05) is 6.07 Å². The number of ether oxygens (including phenoxy) is 1. The number of nitrogens with two attached hydrogens (primary N) is 1. The Hall–Kier alpha value is -1.91. The van der Waals surface area contributed by atoms with Crippen molar-refractivity contribution in [3.63, 3.8) is 0 Å². The standard InChI is InChI=1S/C13H13IN4O3/c1-13(17,8-16)3-2-4-21-12-10(14)5-9(7-15)6-11(12)18(19)20/h5-6H,2-4,17H2,1H3. The van der Waals surface area contributed by atoms with Crippen LogP contribution in [0.25, 0.3) is 0 Å². The van der Waals surface area contributed by atoms with Gasteiger partial charge >= 0.3 is 5.69 Å². The van der Waals surface area contributed by atoms with Crippen LogP contribution in [0.2, 0.25) is 0 Å². The van der Waals surface area contributed by atoms with Gasteiger partial charge in [-0.3, -0.25) is 10.1 Å². The lowest BCUT2D eigenvalue weighted by atomic mass is 10.00. The first-order chi connectivity index (χ1) is 9.80. The Labute approximate surface area is 135 Å². The van der Waals surface area contributed by atoms with Gasteiger partial charge in [-0.1, -0.05) is 0 Å². The molecule has 8 heteroatoms. The number of nitriles is 2. The summed E-state index contributed by atoms with van der Waals surface area (Å²) in [5, 5.41) is 28.7. The Kier molecular flexibility index (Phi) is 5.88. The van der Waals surface area contributed by atoms with E-state index in [2.05, 4.69) is 0 Å². The molecule has 2 N–H and O–H groups in total. The minimum Gasteiger partial charge on any atom is -0.486 e. The fourth-order valence-corrected chi connectivity index (χ4v) is 2.36. The molecule has 0 saturated heterocycles. The van der Waals surface area contributed by atoms with Gasteiger partial charge in [-0.05, 0) is 48.4 Å². The number of nitrogens with zero attached hydrogens (tertiary/aromatic N) is 3. The third-order valence-corrected chi connectivity index (χ3v) is 3.49. The molecule has 0 radical (unpaired) electrons. The van der Waals surface area contributed by atoms with E-state index in [1.165, 1.54) is 12.1 Å². The second-order valence-electron chi connectivity index (χ2n) is 4.66. The number of hydrogen-bond acceptors (Lipinski definition) is 6. The van der Waals surface area contributed by atoms with Crippen molar-refractivity contribution >= 4 is 28.3 Å². The monoisotopic (exact) mass is 400 g/mol. The molecule has 1 atom stereocenters. The van der Waals surface area contributed by atoms with E-state index < -0.39 is 10.5 Å². The van der Waals surface area contributed by atoms with Gasteiger partial charge in [-0.15, -0.1) is 0 Å². The zero-order valence-electron chi connectivity index (χ0n) is 11.3. The van der Waals surface area contributed by atoms with E-state index in [0.29, 0.717) is 16.4 Å². The molecule has 0 aromatic heterocycles. The highest BCUT2D eigenvalue weighted by Crippen LogP contribution is 2.33. The second kappa shape index (κ2) is 7.20. The average molecular weight is 400 g/mol. The molecule has 0 saturated carbocycles. The van der Waals surface area contributed by atoms with Gasteiger partial charge in [-0.2, -0.15) is 10.5 Å². The number of nitro groups is 1. The molecule has 0 heterocycles. The first-order valence-electron chi connectivity index (χ1n) is 6.01. The minimum atomic E-state index is -0.937. The van der Waals surface area contributed by atoms with Crippen LogP contribution in [0.1, 0.15) is 25.3 Å². The molecule has 1 aromatic carbocycles. The normalized spacial score (nSPS) is 12.8. The highest BCUT2D eigenvalue weighted by molar-refractivity contribution is 14.1. The summed E-state index contributed by atoms with van der Waals surface area (Å²) < 4.78 is 5.94. The highest BCUT2D eigenvalue weighted by Gasteiger charge is 2.21. The predicted octanol–water partition coefficient (Wildman–Crippen LogP) is 2.47. The Morgan fingerprint density at radius 3 is 2.71 bits per heavy atom. The van der Waals surface area contributed by atoms with Crippen LogP contribution in [0.3, 0.4) is 0 Å². The molecule has 0 fully saturated rings. The third kappa shape index (κ3) is 4.85. The second-order valence-corrected chi connectivity index (χ2v) is 5.82. The van der Waals surface area contributed by atoms with Gasteiger partial charge in [-0.25, -0.2) is 0 Å². The number of nitro benzene ring substituents is 1. The molecule has 0 bridgehead atoms. The van der Waals surface area contributed by atoms with Crippen molar-refractivity contribution in [1.82, 2.24) is 0 Å². The molecule has 7 nitrogen and oxygen atoms in total. The average Bonchev–Trinajstić information content (AvgIpc) is 2.44. The number of rotatable bonds is 6. The van der Waals surface area contributed by atoms with Gasteiger partial charge in [0.2, 0.25) is 5.75 Å². The SMILES string of the molecule is CC(N)(C#N)CCCOc1c(I)cc(C#N)cc1[N+](=O)[O-]. The van der Waals surface area contributed by atoms with Crippen LogP contribution in [0.15, 0.2) is 12.1 Å². The van der Waals surface area contributed by atoms with Crippen molar-refractivity contribution in [3.05, 3.63) is 31.4 Å². The molecular weight excluding hydrogens is 387 g/mol. The number of halogens is 1. The van der Waals surface area contributed by atoms with Crippen molar-refractivity contribution in [2.75, 3.05) is 6.61 Å². The van der Waals surface area contributed by atoms with Crippen LogP contribution >= 0.6 is 22.6 Å². The van der Waals surface area contributed by atoms with Crippen LogP contribution in [-0.2, 0) is 0 Å². The Morgan fingerprint density at radius 2 is 2.19 bits per heavy atom. The number of benzene rings is 1. The molecule has 0 spiro atoms. The van der Waals surface area contributed by atoms with Gasteiger partial charge in [0.1, 0.15) is 5.54 Å². The maximum absolute atomic E-state index is 11.0. The predicted molar refractivity (Wildman–Crippen MR) is 83.5 cm³/mol. The topological polar surface area (TPSA) is 126 Å². The smallest absolute Gasteiger partial charge is 0.313 e. The maximum atomic E-state index is 11.0. The van der Waals surface area contributed by atoms with E-state index in [4.69, 9.17) is 21.0 Å². The van der Waals surface area contributed by atoms with Crippen LogP contribution in [-0.4, -0.2) is 17.1 Å². The van der Waals surface area contributed by atoms with Crippen LogP contribution in [0.5, 0.6) is 5.75 Å². The van der Waals surface area contributed by atoms with Crippen molar-refractivity contribution in [3.8, 4) is 17.9 Å². The van der Waals surface area contributed by atoms with Crippen LogP contribution in [0.4, 0.5) is 5.69 Å². The summed E-state index contributed by atoms with van der Waals surface area (Å²) in [4.78, 5) is 10.4. The zero-order valence-corrected chi connectivity index (χ0v) is 13.5. The van der Waals surface area contributed by atoms with Crippen LogP contribution in [0, 0.1) is 36.3 Å². The fourth-order valence-electron chi connectivity index (χ4n) is 1.59. The van der Waals surface area contributed by atoms with Gasteiger partial charge in [0.25, 0.3) is 0 Å². The van der Waals surface area contributed by atoms with E-state index >= 15 is 0 Å². The summed E-state index contributed by atoms with van der Waals surface area (Å²) in [7, 11) is 0. The van der Waals surface area contributed by atoms with Gasteiger partial charge in [0.05, 0.1) is 32.8 Å². The Bertz CT molecular complexity index is 632. The lowest BCUT2D eigenvalue weighted by Crippen LogP contribution is -2.34. The van der Waals surface area contributed by atoms with Crippen LogP contribution < -0.4 is 10.5 Å². The van der Waals surface area contributed by atoms with Crippen molar-refractivity contribution in [1.29, 1.82) is 10.5 Å². The minimum absolute atomic E-state index is 0.135. The number of hydrogen-bond donors (Lipinski definition) is 1. The lowest BCUT2D eigenvalue weighted by Gasteiger charge is -2.15. The summed E-state index contributed by atoms with van der Waals surface area (Å²) in [5.41, 5.74) is 4.71. The molecule has 0 aliphatic carbocycles. The molecule has 0 aliphatic heterocycles. The fraction of sp³-hybridized carbons (Fsp3) is 0.385. The van der Waals surface area contributed by atoms with E-state index in [1.54, 1.807) is 6.92 Å². The van der Waals surface area contributed by atoms with Gasteiger partial charge in [0.15, 0.2) is 0 Å². The van der Waals surface area contributed by atoms with Gasteiger partial charge < -0.3 is 10.5 Å². The molecular formula is C13H13IN4O3. The Balaban J connectivity index is 2.83. The van der Waals surface area contributed by atoms with Crippen molar-refractivity contribution in [2.45, 2.75) is 25.3 Å². The summed E-state index contributed by atoms with van der Waals surface area (Å²) in [6.45, 7) is 1.82. The molecule has 1 unspecified atom stereocenters. The molecule has 1 aromatic rings. The molecule has 0 aliphatic rings. The summed E-state index contributed by atoms with van der Waals surface area (Å²) in [5.74, 6) is 0.135. The summed E-state index contributed by atoms with van der Waals surface area (Å²) in [6.07, 6.45) is 0.915. The highest BCUT2D eigenvalue weighted by atomic mass is 127. The molecule has 21 heavy (non-hydrogen) atoms. The third-order valence-electron chi connectivity index (χ3n) is 2.69. The van der Waals surface area contributed by atoms with E-state index in [-0.39, 0.29) is 23.6 Å². The first-order valence-corrected chi connectivity index (χ1v) is 7.09. The summed E-state index contributed by atoms with van der Waals surface area (Å²) in [6, 6.07) is 6.54. The summed E-state index contributed by atoms with van der Waals surface area (Å²) >= 11 is 1.89. The molecule has 0 amide bonds. The Morgan fingerprint density at radius 1 is 1.52 bits per heavy atom. The molecule has 1 rings (SSSR count). The zero-order chi connectivity index (χ0) is 16.0. The largest absolute Gasteiger partial charge is 0.486 e. The van der Waals surface area contributed by atoms with E-state index in [0.717, 1.165) is 0 Å². The van der Waals surface area contributed by atoms with E-state index in [1.807, 2.05) is 34.7 Å². The van der Waals surface area contributed by atoms with Crippen molar-refractivity contribution < 1.29 is 9.66 Å². The van der Waals surface area contributed by atoms with Crippen molar-refractivity contribution in [2.24, 2.45) is 5.73 Å². The molecule has 110 valence electrons. The maximum Gasteiger partial charge on any atom is 0.313 e.